The molecule has 0 spiro atoms. The van der Waals surface area contributed by atoms with Gasteiger partial charge in [-0.25, -0.2) is 0 Å². The number of benzene rings is 1. The predicted molar refractivity (Wildman–Crippen MR) is 60.0 cm³/mol. The smallest absolute Gasteiger partial charge is 0.262 e. The summed E-state index contributed by atoms with van der Waals surface area (Å²) in [5.74, 6) is -0.00426. The molecule has 0 radical (unpaired) electrons. The minimum absolute atomic E-state index is 0.0109. The van der Waals surface area contributed by atoms with Crippen molar-refractivity contribution in [2.75, 3.05) is 25.1 Å². The molecule has 2 rings (SSSR count). The Kier molecular flexibility index (Phi) is 3.24. The number of carbonyl (C=O) groups excluding carboxylic acids is 2. The molecule has 1 aliphatic rings. The average Bonchev–Trinajstić information content (AvgIpc) is 2.35. The van der Waals surface area contributed by atoms with Crippen LogP contribution < -0.4 is 15.4 Å². The van der Waals surface area contributed by atoms with E-state index >= 15 is 0 Å². The lowest BCUT2D eigenvalue weighted by molar-refractivity contribution is -0.118. The second-order valence-corrected chi connectivity index (χ2v) is 3.53. The minimum atomic E-state index is -0.304. The molecule has 0 aliphatic carbocycles. The summed E-state index contributed by atoms with van der Waals surface area (Å²) in [6.45, 7) is 0.0678. The van der Waals surface area contributed by atoms with Gasteiger partial charge in [0.05, 0.1) is 12.3 Å². The van der Waals surface area contributed by atoms with E-state index in [0.717, 1.165) is 0 Å². The van der Waals surface area contributed by atoms with Crippen molar-refractivity contribution in [1.29, 1.82) is 0 Å². The van der Waals surface area contributed by atoms with Gasteiger partial charge in [0.25, 0.3) is 11.8 Å². The van der Waals surface area contributed by atoms with Crippen LogP contribution in [0.1, 0.15) is 10.4 Å². The molecule has 6 nitrogen and oxygen atoms in total. The van der Waals surface area contributed by atoms with Gasteiger partial charge in [-0.15, -0.1) is 0 Å². The first-order chi connectivity index (χ1) is 8.20. The molecule has 90 valence electrons. The van der Waals surface area contributed by atoms with Gasteiger partial charge in [0, 0.05) is 12.1 Å². The van der Waals surface area contributed by atoms with E-state index in [-0.39, 0.29) is 31.6 Å². The van der Waals surface area contributed by atoms with E-state index in [1.165, 1.54) is 0 Å². The van der Waals surface area contributed by atoms with E-state index in [1.54, 1.807) is 18.2 Å². The van der Waals surface area contributed by atoms with Crippen LogP contribution in [0.2, 0.25) is 0 Å². The zero-order valence-corrected chi connectivity index (χ0v) is 9.03. The van der Waals surface area contributed by atoms with Crippen molar-refractivity contribution in [2.45, 2.75) is 0 Å². The van der Waals surface area contributed by atoms with Crippen LogP contribution in [0.3, 0.4) is 0 Å². The number of aliphatic hydroxyl groups excluding tert-OH is 1. The molecule has 1 aromatic rings. The highest BCUT2D eigenvalue weighted by molar-refractivity contribution is 5.99. The van der Waals surface area contributed by atoms with Gasteiger partial charge in [-0.1, -0.05) is 0 Å². The highest BCUT2D eigenvalue weighted by atomic mass is 16.5. The van der Waals surface area contributed by atoms with E-state index in [9.17, 15) is 9.59 Å². The van der Waals surface area contributed by atoms with Gasteiger partial charge in [0.1, 0.15) is 5.75 Å². The minimum Gasteiger partial charge on any atom is -0.482 e. The van der Waals surface area contributed by atoms with Crippen molar-refractivity contribution in [3.63, 3.8) is 0 Å². The number of ether oxygens (including phenoxy) is 1. The largest absolute Gasteiger partial charge is 0.482 e. The van der Waals surface area contributed by atoms with Crippen LogP contribution in [0.5, 0.6) is 5.75 Å². The van der Waals surface area contributed by atoms with Crippen LogP contribution in [0.15, 0.2) is 18.2 Å². The first-order valence-corrected chi connectivity index (χ1v) is 5.16. The molecule has 0 fully saturated rings. The number of aliphatic hydroxyl groups is 1. The Balaban J connectivity index is 2.18. The summed E-state index contributed by atoms with van der Waals surface area (Å²) in [4.78, 5) is 22.7. The monoisotopic (exact) mass is 236 g/mol. The lowest BCUT2D eigenvalue weighted by Gasteiger charge is -2.18. The van der Waals surface area contributed by atoms with Crippen LogP contribution in [0.25, 0.3) is 0 Å². The summed E-state index contributed by atoms with van der Waals surface area (Å²) in [6.07, 6.45) is 0. The van der Waals surface area contributed by atoms with Crippen LogP contribution in [-0.2, 0) is 4.79 Å². The quantitative estimate of drug-likeness (QED) is 0.674. The Labute approximate surface area is 97.6 Å². The molecule has 1 aliphatic heterocycles. The molecule has 0 atom stereocenters. The van der Waals surface area contributed by atoms with Gasteiger partial charge < -0.3 is 20.5 Å². The van der Waals surface area contributed by atoms with Crippen molar-refractivity contribution in [3.8, 4) is 5.75 Å². The highest BCUT2D eigenvalue weighted by Crippen LogP contribution is 2.28. The average molecular weight is 236 g/mol. The fraction of sp³-hybridized carbons (Fsp3) is 0.273. The van der Waals surface area contributed by atoms with E-state index in [2.05, 4.69) is 10.6 Å². The highest BCUT2D eigenvalue weighted by Gasteiger charge is 2.17. The van der Waals surface area contributed by atoms with E-state index in [0.29, 0.717) is 17.0 Å². The lowest BCUT2D eigenvalue weighted by Crippen LogP contribution is -2.28. The fourth-order valence-corrected chi connectivity index (χ4v) is 1.50. The molecule has 2 amide bonds. The number of anilines is 1. The summed E-state index contributed by atoms with van der Waals surface area (Å²) in [6, 6.07) is 4.77. The number of fused-ring (bicyclic) bond motifs is 1. The standard InChI is InChI=1S/C11H12N2O4/c14-4-3-12-11(16)7-1-2-9-8(5-7)13-10(15)6-17-9/h1-2,5,14H,3-4,6H2,(H,12,16)(H,13,15). The van der Waals surface area contributed by atoms with Crippen LogP contribution in [0.4, 0.5) is 5.69 Å². The zero-order chi connectivity index (χ0) is 12.3. The molecular weight excluding hydrogens is 224 g/mol. The molecule has 0 unspecified atom stereocenters. The van der Waals surface area contributed by atoms with Gasteiger partial charge in [0.2, 0.25) is 0 Å². The van der Waals surface area contributed by atoms with Crippen molar-refractivity contribution in [2.24, 2.45) is 0 Å². The van der Waals surface area contributed by atoms with Crippen LogP contribution in [0, 0.1) is 0 Å². The maximum Gasteiger partial charge on any atom is 0.262 e. The van der Waals surface area contributed by atoms with E-state index in [1.807, 2.05) is 0 Å². The molecule has 0 saturated carbocycles. The zero-order valence-electron chi connectivity index (χ0n) is 9.03. The molecule has 0 saturated heterocycles. The van der Waals surface area contributed by atoms with E-state index in [4.69, 9.17) is 9.84 Å². The van der Waals surface area contributed by atoms with Gasteiger partial charge in [0.15, 0.2) is 6.61 Å². The third-order valence-corrected chi connectivity index (χ3v) is 2.27. The van der Waals surface area contributed by atoms with Crippen molar-refractivity contribution < 1.29 is 19.4 Å². The number of hydrogen-bond acceptors (Lipinski definition) is 4. The summed E-state index contributed by atoms with van der Waals surface area (Å²) >= 11 is 0. The molecule has 1 aromatic carbocycles. The lowest BCUT2D eigenvalue weighted by atomic mass is 10.1. The van der Waals surface area contributed by atoms with Gasteiger partial charge >= 0.3 is 0 Å². The maximum atomic E-state index is 11.6. The fourth-order valence-electron chi connectivity index (χ4n) is 1.50. The molecule has 0 bridgehead atoms. The summed E-state index contributed by atoms with van der Waals surface area (Å²) in [7, 11) is 0. The Hall–Kier alpha value is -2.08. The summed E-state index contributed by atoms with van der Waals surface area (Å²) in [5, 5.41) is 13.7. The predicted octanol–water partition coefficient (Wildman–Crippen LogP) is -0.260. The number of carbonyl (C=O) groups is 2. The third-order valence-electron chi connectivity index (χ3n) is 2.27. The molecule has 17 heavy (non-hydrogen) atoms. The van der Waals surface area contributed by atoms with Gasteiger partial charge in [-0.3, -0.25) is 9.59 Å². The molecule has 3 N–H and O–H groups in total. The molecule has 1 heterocycles. The molecular formula is C11H12N2O4. The Morgan fingerprint density at radius 3 is 3.12 bits per heavy atom. The van der Waals surface area contributed by atoms with Gasteiger partial charge in [-0.05, 0) is 18.2 Å². The first kappa shape index (κ1) is 11.4. The van der Waals surface area contributed by atoms with Crippen molar-refractivity contribution in [1.82, 2.24) is 5.32 Å². The van der Waals surface area contributed by atoms with E-state index < -0.39 is 0 Å². The topological polar surface area (TPSA) is 87.7 Å². The third kappa shape index (κ3) is 2.54. The Morgan fingerprint density at radius 1 is 1.53 bits per heavy atom. The number of nitrogens with one attached hydrogen (secondary N) is 2. The first-order valence-electron chi connectivity index (χ1n) is 5.16. The summed E-state index contributed by atoms with van der Waals surface area (Å²) in [5.41, 5.74) is 0.890. The molecule has 6 heteroatoms. The second kappa shape index (κ2) is 4.84. The summed E-state index contributed by atoms with van der Waals surface area (Å²) < 4.78 is 5.17. The second-order valence-electron chi connectivity index (χ2n) is 3.53. The van der Waals surface area contributed by atoms with Crippen LogP contribution >= 0.6 is 0 Å². The Bertz CT molecular complexity index is 459. The Morgan fingerprint density at radius 2 is 2.35 bits per heavy atom. The van der Waals surface area contributed by atoms with Crippen molar-refractivity contribution >= 4 is 17.5 Å². The van der Waals surface area contributed by atoms with Crippen molar-refractivity contribution in [3.05, 3.63) is 23.8 Å². The number of hydrogen-bond donors (Lipinski definition) is 3. The normalized spacial score (nSPS) is 13.4. The maximum absolute atomic E-state index is 11.6. The van der Waals surface area contributed by atoms with Crippen LogP contribution in [-0.4, -0.2) is 36.7 Å². The number of rotatable bonds is 3. The van der Waals surface area contributed by atoms with Gasteiger partial charge in [-0.2, -0.15) is 0 Å². The molecule has 0 aromatic heterocycles. The SMILES string of the molecule is O=C1COc2ccc(C(=O)NCCO)cc2N1. The number of amides is 2.